The first-order valence-corrected chi connectivity index (χ1v) is 10.2. The molecule has 0 amide bonds. The second kappa shape index (κ2) is 15.0. The first kappa shape index (κ1) is 25.1. The van der Waals surface area contributed by atoms with E-state index in [-0.39, 0.29) is 24.0 Å². The zero-order chi connectivity index (χ0) is 19.3. The first-order chi connectivity index (χ1) is 13.2. The number of ether oxygens (including phenoxy) is 2. The summed E-state index contributed by atoms with van der Waals surface area (Å²) in [4.78, 5) is 8.98. The van der Waals surface area contributed by atoms with Gasteiger partial charge in [-0.3, -0.25) is 4.99 Å². The lowest BCUT2D eigenvalue weighted by molar-refractivity contribution is 0.0168. The van der Waals surface area contributed by atoms with Gasteiger partial charge < -0.3 is 24.6 Å². The number of hydrogen-bond donors (Lipinski definition) is 2. The van der Waals surface area contributed by atoms with E-state index in [1.807, 2.05) is 0 Å². The highest BCUT2D eigenvalue weighted by Crippen LogP contribution is 2.12. The molecule has 28 heavy (non-hydrogen) atoms. The van der Waals surface area contributed by atoms with Crippen LogP contribution in [0.1, 0.15) is 64.1 Å². The number of aryl methyl sites for hydroxylation is 1. The molecule has 162 valence electrons. The van der Waals surface area contributed by atoms with Gasteiger partial charge in [-0.05, 0) is 32.6 Å². The van der Waals surface area contributed by atoms with Gasteiger partial charge in [-0.1, -0.05) is 19.0 Å². The molecule has 1 saturated heterocycles. The second-order valence-electron chi connectivity index (χ2n) is 7.06. The van der Waals surface area contributed by atoms with E-state index in [1.165, 1.54) is 0 Å². The summed E-state index contributed by atoms with van der Waals surface area (Å²) in [5, 5.41) is 10.6. The van der Waals surface area contributed by atoms with Crippen LogP contribution < -0.4 is 10.6 Å². The molecule has 0 radical (unpaired) electrons. The molecule has 0 spiro atoms. The van der Waals surface area contributed by atoms with Crippen molar-refractivity contribution in [1.82, 2.24) is 20.8 Å². The van der Waals surface area contributed by atoms with Gasteiger partial charge in [0.2, 0.25) is 5.89 Å². The molecule has 1 aromatic heterocycles. The van der Waals surface area contributed by atoms with Crippen molar-refractivity contribution in [2.75, 3.05) is 39.5 Å². The fraction of sp³-hybridized carbons (Fsp3) is 0.842. The lowest BCUT2D eigenvalue weighted by Gasteiger charge is -2.12. The topological polar surface area (TPSA) is 93.8 Å². The van der Waals surface area contributed by atoms with E-state index in [0.717, 1.165) is 70.2 Å². The van der Waals surface area contributed by atoms with E-state index in [9.17, 15) is 0 Å². The zero-order valence-electron chi connectivity index (χ0n) is 17.4. The molecule has 8 nitrogen and oxygen atoms in total. The van der Waals surface area contributed by atoms with Crippen LogP contribution in [-0.4, -0.2) is 61.7 Å². The molecule has 1 unspecified atom stereocenters. The lowest BCUT2D eigenvalue weighted by Crippen LogP contribution is -2.38. The van der Waals surface area contributed by atoms with Gasteiger partial charge in [0.05, 0.1) is 12.7 Å². The minimum Gasteiger partial charge on any atom is -0.379 e. The number of aliphatic imine (C=N–C) groups is 1. The Morgan fingerprint density at radius 1 is 1.32 bits per heavy atom. The van der Waals surface area contributed by atoms with Gasteiger partial charge in [-0.2, -0.15) is 4.98 Å². The predicted octanol–water partition coefficient (Wildman–Crippen LogP) is 2.88. The minimum atomic E-state index is 0. The van der Waals surface area contributed by atoms with E-state index in [0.29, 0.717) is 31.1 Å². The van der Waals surface area contributed by atoms with Gasteiger partial charge in [0.25, 0.3) is 0 Å². The molecule has 1 fully saturated rings. The van der Waals surface area contributed by atoms with Crippen LogP contribution in [0.5, 0.6) is 0 Å². The van der Waals surface area contributed by atoms with E-state index >= 15 is 0 Å². The highest BCUT2D eigenvalue weighted by molar-refractivity contribution is 14.0. The standard InChI is InChI=1S/C19H35N5O3.HI/c1-4-20-19(22-11-7-12-25-14-16-8-6-13-26-16)21-10-5-9-17-23-18(15(2)3)24-27-17;/h15-16H,4-14H2,1-3H3,(H2,20,21,22);1H. The zero-order valence-corrected chi connectivity index (χ0v) is 19.7. The molecule has 0 aliphatic carbocycles. The number of rotatable bonds is 12. The maximum absolute atomic E-state index is 5.68. The Balaban J connectivity index is 0.00000392. The third-order valence-electron chi connectivity index (χ3n) is 4.25. The molecular weight excluding hydrogens is 473 g/mol. The van der Waals surface area contributed by atoms with Crippen LogP contribution in [0.2, 0.25) is 0 Å². The summed E-state index contributed by atoms with van der Waals surface area (Å²) >= 11 is 0. The summed E-state index contributed by atoms with van der Waals surface area (Å²) in [5.74, 6) is 2.59. The lowest BCUT2D eigenvalue weighted by atomic mass is 10.2. The minimum absolute atomic E-state index is 0. The van der Waals surface area contributed by atoms with Crippen molar-refractivity contribution in [1.29, 1.82) is 0 Å². The van der Waals surface area contributed by atoms with Crippen LogP contribution in [0.15, 0.2) is 9.52 Å². The molecule has 2 heterocycles. The van der Waals surface area contributed by atoms with E-state index in [4.69, 9.17) is 14.0 Å². The van der Waals surface area contributed by atoms with E-state index in [2.05, 4.69) is 46.5 Å². The summed E-state index contributed by atoms with van der Waals surface area (Å²) in [6.45, 7) is 10.9. The van der Waals surface area contributed by atoms with Gasteiger partial charge >= 0.3 is 0 Å². The molecule has 0 saturated carbocycles. The van der Waals surface area contributed by atoms with Crippen molar-refractivity contribution >= 4 is 29.9 Å². The van der Waals surface area contributed by atoms with Crippen molar-refractivity contribution in [3.8, 4) is 0 Å². The molecule has 2 rings (SSSR count). The molecule has 0 aromatic carbocycles. The SMILES string of the molecule is CCNC(=NCCCc1nc(C(C)C)no1)NCCCOCC1CCCO1.I. The maximum Gasteiger partial charge on any atom is 0.226 e. The summed E-state index contributed by atoms with van der Waals surface area (Å²) in [6.07, 6.45) is 5.14. The number of guanidine groups is 1. The Bertz CT molecular complexity index is 547. The number of nitrogens with zero attached hydrogens (tertiary/aromatic N) is 3. The highest BCUT2D eigenvalue weighted by Gasteiger charge is 2.14. The number of aromatic nitrogens is 2. The third kappa shape index (κ3) is 10.0. The largest absolute Gasteiger partial charge is 0.379 e. The Hall–Kier alpha value is -0.940. The Morgan fingerprint density at radius 2 is 2.18 bits per heavy atom. The monoisotopic (exact) mass is 509 g/mol. The van der Waals surface area contributed by atoms with Crippen molar-refractivity contribution in [3.63, 3.8) is 0 Å². The normalized spacial score (nSPS) is 17.0. The third-order valence-corrected chi connectivity index (χ3v) is 4.25. The average Bonchev–Trinajstić information content (AvgIpc) is 3.33. The van der Waals surface area contributed by atoms with Crippen molar-refractivity contribution in [3.05, 3.63) is 11.7 Å². The van der Waals surface area contributed by atoms with Gasteiger partial charge in [0, 0.05) is 45.2 Å². The molecule has 1 atom stereocenters. The Morgan fingerprint density at radius 3 is 2.86 bits per heavy atom. The van der Waals surface area contributed by atoms with E-state index in [1.54, 1.807) is 0 Å². The van der Waals surface area contributed by atoms with Crippen LogP contribution in [0.25, 0.3) is 0 Å². The maximum atomic E-state index is 5.68. The summed E-state index contributed by atoms with van der Waals surface area (Å²) in [5.41, 5.74) is 0. The fourth-order valence-corrected chi connectivity index (χ4v) is 2.74. The predicted molar refractivity (Wildman–Crippen MR) is 121 cm³/mol. The number of halogens is 1. The summed E-state index contributed by atoms with van der Waals surface area (Å²) in [7, 11) is 0. The Labute approximate surface area is 185 Å². The smallest absolute Gasteiger partial charge is 0.226 e. The molecule has 1 aromatic rings. The van der Waals surface area contributed by atoms with Crippen LogP contribution >= 0.6 is 24.0 Å². The molecule has 0 bridgehead atoms. The quantitative estimate of drug-likeness (QED) is 0.194. The number of hydrogen-bond acceptors (Lipinski definition) is 6. The van der Waals surface area contributed by atoms with Gasteiger partial charge in [-0.15, -0.1) is 24.0 Å². The van der Waals surface area contributed by atoms with Crippen molar-refractivity contribution < 1.29 is 14.0 Å². The van der Waals surface area contributed by atoms with Crippen molar-refractivity contribution in [2.45, 2.75) is 64.9 Å². The average molecular weight is 509 g/mol. The van der Waals surface area contributed by atoms with Crippen LogP contribution in [0, 0.1) is 0 Å². The number of nitrogens with one attached hydrogen (secondary N) is 2. The van der Waals surface area contributed by atoms with Crippen molar-refractivity contribution in [2.24, 2.45) is 4.99 Å². The molecule has 2 N–H and O–H groups in total. The van der Waals surface area contributed by atoms with Gasteiger partial charge in [0.15, 0.2) is 11.8 Å². The molecule has 1 aliphatic heterocycles. The van der Waals surface area contributed by atoms with Gasteiger partial charge in [0.1, 0.15) is 0 Å². The Kier molecular flexibility index (Phi) is 13.4. The van der Waals surface area contributed by atoms with Crippen LogP contribution in [-0.2, 0) is 15.9 Å². The van der Waals surface area contributed by atoms with Crippen LogP contribution in [0.3, 0.4) is 0 Å². The highest BCUT2D eigenvalue weighted by atomic mass is 127. The van der Waals surface area contributed by atoms with Crippen LogP contribution in [0.4, 0.5) is 0 Å². The molecular formula is C19H36IN5O3. The van der Waals surface area contributed by atoms with Gasteiger partial charge in [-0.25, -0.2) is 0 Å². The fourth-order valence-electron chi connectivity index (χ4n) is 2.74. The second-order valence-corrected chi connectivity index (χ2v) is 7.06. The molecule has 1 aliphatic rings. The first-order valence-electron chi connectivity index (χ1n) is 10.2. The summed E-state index contributed by atoms with van der Waals surface area (Å²) in [6, 6.07) is 0. The van der Waals surface area contributed by atoms with E-state index < -0.39 is 0 Å². The summed E-state index contributed by atoms with van der Waals surface area (Å²) < 4.78 is 16.5. The molecule has 9 heteroatoms.